The zero-order valence-corrected chi connectivity index (χ0v) is 22.0. The Kier molecular flexibility index (Phi) is 7.59. The second kappa shape index (κ2) is 11.4. The van der Waals surface area contributed by atoms with E-state index in [9.17, 15) is 24.3 Å². The van der Waals surface area contributed by atoms with Gasteiger partial charge in [0.05, 0.1) is 16.6 Å². The highest BCUT2D eigenvalue weighted by Crippen LogP contribution is 2.27. The smallest absolute Gasteiger partial charge is 0.335 e. The average Bonchev–Trinajstić information content (AvgIpc) is 3.54. The van der Waals surface area contributed by atoms with Crippen molar-refractivity contribution in [3.8, 4) is 0 Å². The highest BCUT2D eigenvalue weighted by Gasteiger charge is 2.21. The van der Waals surface area contributed by atoms with Gasteiger partial charge in [-0.25, -0.2) is 9.78 Å². The number of carbonyl (C=O) groups excluding carboxylic acids is 3. The molecule has 4 aromatic rings. The van der Waals surface area contributed by atoms with E-state index in [1.54, 1.807) is 30.1 Å². The number of aromatic carboxylic acids is 1. The van der Waals surface area contributed by atoms with Gasteiger partial charge in [-0.05, 0) is 61.4 Å². The maximum atomic E-state index is 13.1. The van der Waals surface area contributed by atoms with E-state index in [-0.39, 0.29) is 22.9 Å². The predicted molar refractivity (Wildman–Crippen MR) is 151 cm³/mol. The van der Waals surface area contributed by atoms with Crippen molar-refractivity contribution in [3.05, 3.63) is 89.5 Å². The fourth-order valence-electron chi connectivity index (χ4n) is 4.87. The molecule has 0 spiro atoms. The van der Waals surface area contributed by atoms with Gasteiger partial charge in [0.1, 0.15) is 0 Å². The Labute approximate surface area is 230 Å². The van der Waals surface area contributed by atoms with E-state index in [0.717, 1.165) is 18.5 Å². The number of amides is 3. The molecule has 0 radical (unpaired) electrons. The Hall–Kier alpha value is -4.99. The Morgan fingerprint density at radius 2 is 1.70 bits per heavy atom. The molecule has 10 heteroatoms. The first-order chi connectivity index (χ1) is 19.3. The van der Waals surface area contributed by atoms with Crippen LogP contribution in [-0.2, 0) is 11.3 Å². The van der Waals surface area contributed by atoms with Crippen LogP contribution in [0.5, 0.6) is 0 Å². The number of nitrogens with zero attached hydrogens (tertiary/aromatic N) is 4. The van der Waals surface area contributed by atoms with E-state index in [0.29, 0.717) is 48.6 Å². The summed E-state index contributed by atoms with van der Waals surface area (Å²) in [5.74, 6) is -1.34. The topological polar surface area (TPSA) is 125 Å². The first-order valence-electron chi connectivity index (χ1n) is 13.1. The number of rotatable bonds is 9. The average molecular weight is 540 g/mol. The number of aryl methyl sites for hydroxylation is 1. The molecule has 5 rings (SSSR count). The Morgan fingerprint density at radius 3 is 2.42 bits per heavy atom. The number of anilines is 2. The molecule has 1 aliphatic heterocycles. The van der Waals surface area contributed by atoms with E-state index in [4.69, 9.17) is 0 Å². The summed E-state index contributed by atoms with van der Waals surface area (Å²) in [5, 5.41) is 12.1. The second-order valence-electron chi connectivity index (χ2n) is 9.67. The summed E-state index contributed by atoms with van der Waals surface area (Å²) in [6.07, 6.45) is 2.09. The molecule has 2 N–H and O–H groups in total. The lowest BCUT2D eigenvalue weighted by molar-refractivity contribution is -0.127. The lowest BCUT2D eigenvalue weighted by atomic mass is 10.1. The van der Waals surface area contributed by atoms with Crippen LogP contribution in [0.25, 0.3) is 11.0 Å². The molecule has 3 amide bonds. The number of carbonyl (C=O) groups is 4. The summed E-state index contributed by atoms with van der Waals surface area (Å²) in [4.78, 5) is 57.6. The van der Waals surface area contributed by atoms with Crippen LogP contribution in [0.1, 0.15) is 50.3 Å². The van der Waals surface area contributed by atoms with Gasteiger partial charge in [-0.2, -0.15) is 0 Å². The highest BCUT2D eigenvalue weighted by atomic mass is 16.4. The van der Waals surface area contributed by atoms with E-state index < -0.39 is 11.9 Å². The van der Waals surface area contributed by atoms with Gasteiger partial charge in [-0.1, -0.05) is 24.3 Å². The molecule has 0 atom stereocenters. The minimum atomic E-state index is -1.12. The summed E-state index contributed by atoms with van der Waals surface area (Å²) < 4.78 is 1.87. The van der Waals surface area contributed by atoms with Crippen LogP contribution in [0.3, 0.4) is 0 Å². The number of fused-ring (bicyclic) bond motifs is 1. The molecule has 0 saturated carbocycles. The molecule has 1 saturated heterocycles. The third-order valence-electron chi connectivity index (χ3n) is 7.02. The van der Waals surface area contributed by atoms with Crippen molar-refractivity contribution in [3.63, 3.8) is 0 Å². The van der Waals surface area contributed by atoms with Crippen LogP contribution in [-0.4, -0.2) is 63.4 Å². The summed E-state index contributed by atoms with van der Waals surface area (Å²) >= 11 is 0. The van der Waals surface area contributed by atoms with E-state index in [2.05, 4.69) is 10.3 Å². The molecule has 1 fully saturated rings. The number of hydrogen-bond acceptors (Lipinski definition) is 5. The maximum absolute atomic E-state index is 13.1. The second-order valence-corrected chi connectivity index (χ2v) is 9.67. The standard InChI is InChI=1S/C30H29N5O5/c1-33(28(38)20-8-3-2-4-9-20)23-13-14-25-24(19-23)31-30(35(25)17-7-16-34-15-6-12-26(34)36)32-27(37)21-10-5-11-22(18-21)29(39)40/h2-5,8-11,13-14,18-19H,6-7,12,15-17H2,1H3,(H,39,40)(H,31,32,37). The fourth-order valence-corrected chi connectivity index (χ4v) is 4.87. The van der Waals surface area contributed by atoms with Gasteiger partial charge in [0, 0.05) is 49.9 Å². The van der Waals surface area contributed by atoms with Crippen LogP contribution in [0.2, 0.25) is 0 Å². The third-order valence-corrected chi connectivity index (χ3v) is 7.02. The molecule has 0 unspecified atom stereocenters. The number of likely N-dealkylation sites (tertiary alicyclic amines) is 1. The summed E-state index contributed by atoms with van der Waals surface area (Å²) in [5.41, 5.74) is 2.73. The van der Waals surface area contributed by atoms with Crippen molar-refractivity contribution < 1.29 is 24.3 Å². The quantitative estimate of drug-likeness (QED) is 0.327. The molecule has 40 heavy (non-hydrogen) atoms. The van der Waals surface area contributed by atoms with Gasteiger partial charge in [-0.15, -0.1) is 0 Å². The van der Waals surface area contributed by atoms with E-state index in [1.165, 1.54) is 24.3 Å². The molecule has 0 bridgehead atoms. The monoisotopic (exact) mass is 539 g/mol. The van der Waals surface area contributed by atoms with Crippen molar-refractivity contribution in [2.75, 3.05) is 30.4 Å². The third kappa shape index (κ3) is 5.56. The van der Waals surface area contributed by atoms with Crippen molar-refractivity contribution in [1.82, 2.24) is 14.5 Å². The highest BCUT2D eigenvalue weighted by molar-refractivity contribution is 6.07. The number of imidazole rings is 1. The lowest BCUT2D eigenvalue weighted by Gasteiger charge is -2.18. The molecule has 1 aliphatic rings. The van der Waals surface area contributed by atoms with Crippen molar-refractivity contribution in [2.24, 2.45) is 0 Å². The van der Waals surface area contributed by atoms with Crippen molar-refractivity contribution in [2.45, 2.75) is 25.8 Å². The number of benzene rings is 3. The molecule has 3 aromatic carbocycles. The zero-order chi connectivity index (χ0) is 28.2. The Morgan fingerprint density at radius 1 is 0.950 bits per heavy atom. The zero-order valence-electron chi connectivity index (χ0n) is 22.0. The molecule has 2 heterocycles. The van der Waals surface area contributed by atoms with Gasteiger partial charge in [-0.3, -0.25) is 19.7 Å². The van der Waals surface area contributed by atoms with Crippen LogP contribution in [0.4, 0.5) is 11.6 Å². The van der Waals surface area contributed by atoms with Gasteiger partial charge in [0.15, 0.2) is 0 Å². The summed E-state index contributed by atoms with van der Waals surface area (Å²) in [6.45, 7) is 1.83. The predicted octanol–water partition coefficient (Wildman–Crippen LogP) is 4.28. The lowest BCUT2D eigenvalue weighted by Crippen LogP contribution is -2.26. The SMILES string of the molecule is CN(C(=O)c1ccccc1)c1ccc2c(c1)nc(NC(=O)c1cccc(C(=O)O)c1)n2CCCN1CCCC1=O. The fraction of sp³-hybridized carbons (Fsp3) is 0.233. The molecular formula is C30H29N5O5. The largest absolute Gasteiger partial charge is 0.478 e. The van der Waals surface area contributed by atoms with Gasteiger partial charge < -0.3 is 19.5 Å². The van der Waals surface area contributed by atoms with Gasteiger partial charge in [0.25, 0.3) is 11.8 Å². The number of carboxylic acids is 1. The van der Waals surface area contributed by atoms with E-state index >= 15 is 0 Å². The van der Waals surface area contributed by atoms with Crippen LogP contribution < -0.4 is 10.2 Å². The summed E-state index contributed by atoms with van der Waals surface area (Å²) in [7, 11) is 1.69. The van der Waals surface area contributed by atoms with Crippen LogP contribution in [0, 0.1) is 0 Å². The first kappa shape index (κ1) is 26.6. The molecule has 0 aliphatic carbocycles. The number of aromatic nitrogens is 2. The van der Waals surface area contributed by atoms with Gasteiger partial charge in [0.2, 0.25) is 11.9 Å². The first-order valence-corrected chi connectivity index (χ1v) is 13.1. The number of hydrogen-bond donors (Lipinski definition) is 2. The number of nitrogens with one attached hydrogen (secondary N) is 1. The molecule has 10 nitrogen and oxygen atoms in total. The summed E-state index contributed by atoms with van der Waals surface area (Å²) in [6, 6.07) is 20.2. The maximum Gasteiger partial charge on any atom is 0.335 e. The van der Waals surface area contributed by atoms with Crippen LogP contribution in [0.15, 0.2) is 72.8 Å². The van der Waals surface area contributed by atoms with Gasteiger partial charge >= 0.3 is 5.97 Å². The molecule has 204 valence electrons. The molecular weight excluding hydrogens is 510 g/mol. The van der Waals surface area contributed by atoms with E-state index in [1.807, 2.05) is 39.8 Å². The Balaban J connectivity index is 1.44. The molecule has 1 aromatic heterocycles. The Bertz CT molecular complexity index is 1600. The number of carboxylic acid groups (broad SMARTS) is 1. The minimum Gasteiger partial charge on any atom is -0.478 e. The minimum absolute atomic E-state index is 0.00666. The van der Waals surface area contributed by atoms with Crippen LogP contribution >= 0.6 is 0 Å². The van der Waals surface area contributed by atoms with Crippen molar-refractivity contribution >= 4 is 46.4 Å². The van der Waals surface area contributed by atoms with Crippen molar-refractivity contribution in [1.29, 1.82) is 0 Å². The normalized spacial score (nSPS) is 13.0.